The summed E-state index contributed by atoms with van der Waals surface area (Å²) in [5.74, 6) is 0. The Hall–Kier alpha value is -2.53. The summed E-state index contributed by atoms with van der Waals surface area (Å²) in [4.78, 5) is 0. The topological polar surface area (TPSA) is 34.1 Å². The lowest BCUT2D eigenvalue weighted by Crippen LogP contribution is -2.19. The minimum atomic E-state index is -3.86. The quantitative estimate of drug-likeness (QED) is 0.205. The molecule has 2 unspecified atom stereocenters. The third-order valence-corrected chi connectivity index (χ3v) is 9.05. The molecule has 0 heterocycles. The van der Waals surface area contributed by atoms with Crippen molar-refractivity contribution in [2.75, 3.05) is 0 Å². The van der Waals surface area contributed by atoms with E-state index in [1.807, 2.05) is 24.3 Å². The molecular formula is C30H22Cl4O2S. The summed E-state index contributed by atoms with van der Waals surface area (Å²) in [6.45, 7) is 0. The molecule has 0 saturated heterocycles. The molecule has 4 rings (SSSR count). The van der Waals surface area contributed by atoms with E-state index in [1.54, 1.807) is 97.1 Å². The van der Waals surface area contributed by atoms with Gasteiger partial charge in [0.1, 0.15) is 10.5 Å². The summed E-state index contributed by atoms with van der Waals surface area (Å²) in [7, 11) is -3.86. The first-order chi connectivity index (χ1) is 17.7. The van der Waals surface area contributed by atoms with Crippen molar-refractivity contribution in [3.63, 3.8) is 0 Å². The normalized spacial score (nSPS) is 13.7. The third kappa shape index (κ3) is 7.28. The summed E-state index contributed by atoms with van der Waals surface area (Å²) < 4.78 is 28.7. The molecule has 188 valence electrons. The molecule has 0 radical (unpaired) electrons. The highest BCUT2D eigenvalue weighted by atomic mass is 35.5. The minimum absolute atomic E-state index is 0.526. The molecule has 0 aliphatic rings. The maximum Gasteiger partial charge on any atom is 0.171 e. The van der Waals surface area contributed by atoms with Crippen LogP contribution in [-0.4, -0.2) is 8.42 Å². The van der Waals surface area contributed by atoms with Gasteiger partial charge >= 0.3 is 0 Å². The molecule has 0 N–H and O–H groups in total. The second-order valence-electron chi connectivity index (χ2n) is 8.35. The van der Waals surface area contributed by atoms with Crippen molar-refractivity contribution in [2.24, 2.45) is 0 Å². The highest BCUT2D eigenvalue weighted by Gasteiger charge is 2.33. The van der Waals surface area contributed by atoms with Gasteiger partial charge in [-0.05, 0) is 70.8 Å². The van der Waals surface area contributed by atoms with Crippen molar-refractivity contribution < 1.29 is 8.42 Å². The van der Waals surface area contributed by atoms with Gasteiger partial charge in [-0.3, -0.25) is 0 Å². The highest BCUT2D eigenvalue weighted by Crippen LogP contribution is 2.38. The van der Waals surface area contributed by atoms with Crippen LogP contribution in [0.15, 0.2) is 109 Å². The number of halogens is 4. The Morgan fingerprint density at radius 3 is 1.03 bits per heavy atom. The molecular weight excluding hydrogens is 566 g/mol. The smallest absolute Gasteiger partial charge is 0.171 e. The van der Waals surface area contributed by atoms with E-state index in [-0.39, 0.29) is 0 Å². The molecule has 4 aromatic rings. The van der Waals surface area contributed by atoms with E-state index in [2.05, 4.69) is 0 Å². The molecule has 0 amide bonds. The second kappa shape index (κ2) is 12.3. The molecule has 7 heteroatoms. The fourth-order valence-electron chi connectivity index (χ4n) is 3.83. The van der Waals surface area contributed by atoms with Crippen LogP contribution < -0.4 is 0 Å². The molecule has 2 nitrogen and oxygen atoms in total. The van der Waals surface area contributed by atoms with E-state index >= 15 is 0 Å². The fourth-order valence-corrected chi connectivity index (χ4v) is 6.32. The zero-order valence-electron chi connectivity index (χ0n) is 19.4. The lowest BCUT2D eigenvalue weighted by Gasteiger charge is -2.22. The summed E-state index contributed by atoms with van der Waals surface area (Å²) in [6, 6.07) is 28.1. The molecule has 0 saturated carbocycles. The zero-order chi connectivity index (χ0) is 26.4. The van der Waals surface area contributed by atoms with E-state index in [0.29, 0.717) is 31.2 Å². The van der Waals surface area contributed by atoms with Crippen molar-refractivity contribution in [1.29, 1.82) is 0 Å². The van der Waals surface area contributed by atoms with Crippen molar-refractivity contribution in [3.8, 4) is 0 Å². The zero-order valence-corrected chi connectivity index (χ0v) is 23.3. The number of sulfone groups is 1. The van der Waals surface area contributed by atoms with Gasteiger partial charge in [0.2, 0.25) is 0 Å². The predicted molar refractivity (Wildman–Crippen MR) is 158 cm³/mol. The van der Waals surface area contributed by atoms with Crippen molar-refractivity contribution >= 4 is 68.4 Å². The van der Waals surface area contributed by atoms with Gasteiger partial charge in [-0.25, -0.2) is 8.42 Å². The van der Waals surface area contributed by atoms with Gasteiger partial charge in [-0.15, -0.1) is 0 Å². The summed E-state index contributed by atoms with van der Waals surface area (Å²) in [5, 5.41) is 0.368. The molecule has 4 aromatic carbocycles. The lowest BCUT2D eigenvalue weighted by atomic mass is 10.1. The Morgan fingerprint density at radius 1 is 0.459 bits per heavy atom. The van der Waals surface area contributed by atoms with Crippen LogP contribution in [-0.2, 0) is 9.84 Å². The average Bonchev–Trinajstić information content (AvgIpc) is 2.88. The summed E-state index contributed by atoms with van der Waals surface area (Å²) >= 11 is 24.2. The van der Waals surface area contributed by atoms with Crippen LogP contribution in [0.25, 0.3) is 12.2 Å². The van der Waals surface area contributed by atoms with Gasteiger partial charge in [0, 0.05) is 20.1 Å². The summed E-state index contributed by atoms with van der Waals surface area (Å²) in [5.41, 5.74) is 2.87. The molecule has 2 atom stereocenters. The van der Waals surface area contributed by atoms with E-state index in [0.717, 1.165) is 11.1 Å². The second-order valence-corrected chi connectivity index (χ2v) is 12.3. The van der Waals surface area contributed by atoms with Crippen LogP contribution >= 0.6 is 46.4 Å². The number of hydrogen-bond donors (Lipinski definition) is 0. The predicted octanol–water partition coefficient (Wildman–Crippen LogP) is 9.92. The maximum atomic E-state index is 14.3. The van der Waals surface area contributed by atoms with Gasteiger partial charge in [0.25, 0.3) is 0 Å². The Bertz CT molecular complexity index is 1380. The fraction of sp³-hybridized carbons (Fsp3) is 0.0667. The molecule has 37 heavy (non-hydrogen) atoms. The maximum absolute atomic E-state index is 14.3. The van der Waals surface area contributed by atoms with E-state index in [4.69, 9.17) is 46.4 Å². The largest absolute Gasteiger partial charge is 0.227 e. The first-order valence-electron chi connectivity index (χ1n) is 11.3. The van der Waals surface area contributed by atoms with Crippen LogP contribution in [0.4, 0.5) is 0 Å². The van der Waals surface area contributed by atoms with Gasteiger partial charge in [0.05, 0.1) is 0 Å². The molecule has 0 bridgehead atoms. The average molecular weight is 588 g/mol. The Kier molecular flexibility index (Phi) is 9.17. The number of hydrogen-bond acceptors (Lipinski definition) is 2. The lowest BCUT2D eigenvalue weighted by molar-refractivity contribution is 0.584. The van der Waals surface area contributed by atoms with Gasteiger partial charge < -0.3 is 0 Å². The Balaban J connectivity index is 1.81. The van der Waals surface area contributed by atoms with Crippen LogP contribution in [0.5, 0.6) is 0 Å². The molecule has 0 spiro atoms. The molecule has 0 aliphatic carbocycles. The number of benzene rings is 4. The Labute approximate surface area is 237 Å². The van der Waals surface area contributed by atoms with Crippen LogP contribution in [0.3, 0.4) is 0 Å². The third-order valence-electron chi connectivity index (χ3n) is 5.77. The number of rotatable bonds is 8. The van der Waals surface area contributed by atoms with Gasteiger partial charge in [-0.2, -0.15) is 0 Å². The van der Waals surface area contributed by atoms with Crippen LogP contribution in [0, 0.1) is 0 Å². The van der Waals surface area contributed by atoms with Crippen LogP contribution in [0.2, 0.25) is 20.1 Å². The van der Waals surface area contributed by atoms with E-state index < -0.39 is 20.3 Å². The van der Waals surface area contributed by atoms with Gasteiger partial charge in [-0.1, -0.05) is 119 Å². The van der Waals surface area contributed by atoms with Crippen molar-refractivity contribution in [1.82, 2.24) is 0 Å². The molecule has 0 aliphatic heterocycles. The monoisotopic (exact) mass is 586 g/mol. The van der Waals surface area contributed by atoms with Crippen molar-refractivity contribution in [3.05, 3.63) is 152 Å². The standard InChI is InChI=1S/C30H22Cl4O2S/c31-25-11-1-21(2-12-25)5-19-29(23-7-15-27(33)16-8-23)37(35,36)30(24-9-17-28(34)18-10-24)20-6-22-3-13-26(32)14-4-22/h1-20,29-30H/b19-5-,20-6-. The van der Waals surface area contributed by atoms with E-state index in [9.17, 15) is 8.42 Å². The van der Waals surface area contributed by atoms with Gasteiger partial charge in [0.15, 0.2) is 9.84 Å². The minimum Gasteiger partial charge on any atom is -0.227 e. The SMILES string of the molecule is O=S(=O)(C(/C=C\c1ccc(Cl)cc1)c1ccc(Cl)cc1)C(/C=C\c1ccc(Cl)cc1)c1ccc(Cl)cc1. The van der Waals surface area contributed by atoms with E-state index in [1.165, 1.54) is 0 Å². The highest BCUT2D eigenvalue weighted by molar-refractivity contribution is 7.92. The Morgan fingerprint density at radius 2 is 0.730 bits per heavy atom. The molecule has 0 aromatic heterocycles. The molecule has 0 fully saturated rings. The van der Waals surface area contributed by atoms with Crippen molar-refractivity contribution in [2.45, 2.75) is 10.5 Å². The van der Waals surface area contributed by atoms with Crippen LogP contribution in [0.1, 0.15) is 32.8 Å². The first kappa shape index (κ1) is 27.5. The summed E-state index contributed by atoms with van der Waals surface area (Å²) in [6.07, 6.45) is 6.96. The first-order valence-corrected chi connectivity index (χ1v) is 14.5.